The zero-order valence-electron chi connectivity index (χ0n) is 19.4. The van der Waals surface area contributed by atoms with E-state index in [1.807, 2.05) is 78.6 Å². The summed E-state index contributed by atoms with van der Waals surface area (Å²) in [6.07, 6.45) is 0. The van der Waals surface area contributed by atoms with Gasteiger partial charge in [-0.05, 0) is 49.0 Å². The van der Waals surface area contributed by atoms with E-state index in [1.54, 1.807) is 20.3 Å². The number of aryl methyl sites for hydroxylation is 1. The number of H-pyrrole nitrogens is 1. The first-order chi connectivity index (χ1) is 16.5. The molecule has 0 unspecified atom stereocenters. The van der Waals surface area contributed by atoms with Crippen LogP contribution in [0.5, 0.6) is 11.5 Å². The van der Waals surface area contributed by atoms with E-state index in [0.29, 0.717) is 40.8 Å². The van der Waals surface area contributed by atoms with Crippen LogP contribution in [0.2, 0.25) is 0 Å². The van der Waals surface area contributed by atoms with E-state index in [1.165, 1.54) is 5.56 Å². The van der Waals surface area contributed by atoms with Gasteiger partial charge >= 0.3 is 0 Å². The predicted octanol–water partition coefficient (Wildman–Crippen LogP) is 5.25. The molecule has 0 saturated carbocycles. The topological polar surface area (TPSA) is 66.6 Å². The van der Waals surface area contributed by atoms with Crippen molar-refractivity contribution in [1.29, 1.82) is 0 Å². The number of thiocarbonyl (C=S) groups is 1. The van der Waals surface area contributed by atoms with Crippen molar-refractivity contribution in [2.75, 3.05) is 19.5 Å². The number of aromatic amines is 1. The van der Waals surface area contributed by atoms with Crippen molar-refractivity contribution in [2.45, 2.75) is 20.0 Å². The van der Waals surface area contributed by atoms with E-state index < -0.39 is 0 Å². The summed E-state index contributed by atoms with van der Waals surface area (Å²) < 4.78 is 10.8. The minimum atomic E-state index is -0.170. The van der Waals surface area contributed by atoms with Gasteiger partial charge in [0.15, 0.2) is 16.6 Å². The number of ether oxygens (including phenoxy) is 2. The molecule has 3 aromatic carbocycles. The Labute approximate surface area is 204 Å². The molecule has 7 heteroatoms. The number of benzene rings is 3. The fourth-order valence-corrected chi connectivity index (χ4v) is 3.99. The average molecular weight is 474 g/mol. The lowest BCUT2D eigenvalue weighted by molar-refractivity contribution is 0.355. The molecule has 174 valence electrons. The van der Waals surface area contributed by atoms with Crippen molar-refractivity contribution in [3.05, 3.63) is 99.8 Å². The lowest BCUT2D eigenvalue weighted by Gasteiger charge is -2.26. The number of hydrogen-bond donors (Lipinski definition) is 2. The fraction of sp³-hybridized carbons (Fsp3) is 0.185. The zero-order valence-corrected chi connectivity index (χ0v) is 20.2. The summed E-state index contributed by atoms with van der Waals surface area (Å²) in [5, 5.41) is 4.70. The quantitative estimate of drug-likeness (QED) is 0.357. The van der Waals surface area contributed by atoms with E-state index >= 15 is 0 Å². The summed E-state index contributed by atoms with van der Waals surface area (Å²) in [7, 11) is 3.16. The van der Waals surface area contributed by atoms with Crippen molar-refractivity contribution in [3.8, 4) is 11.5 Å². The van der Waals surface area contributed by atoms with Crippen LogP contribution in [0.3, 0.4) is 0 Å². The van der Waals surface area contributed by atoms with Gasteiger partial charge in [-0.15, -0.1) is 0 Å². The van der Waals surface area contributed by atoms with Gasteiger partial charge in [-0.1, -0.05) is 48.0 Å². The molecule has 0 saturated heterocycles. The van der Waals surface area contributed by atoms with Crippen molar-refractivity contribution in [1.82, 2.24) is 9.88 Å². The highest BCUT2D eigenvalue weighted by atomic mass is 32.1. The third-order valence-corrected chi connectivity index (χ3v) is 5.95. The number of rotatable bonds is 7. The monoisotopic (exact) mass is 473 g/mol. The summed E-state index contributed by atoms with van der Waals surface area (Å²) in [4.78, 5) is 17.9. The molecule has 0 spiro atoms. The van der Waals surface area contributed by atoms with Crippen molar-refractivity contribution in [2.24, 2.45) is 0 Å². The number of anilines is 1. The second kappa shape index (κ2) is 10.4. The van der Waals surface area contributed by atoms with E-state index in [9.17, 15) is 4.79 Å². The summed E-state index contributed by atoms with van der Waals surface area (Å²) in [6, 6.07) is 23.6. The molecule has 0 aliphatic heterocycles. The lowest BCUT2D eigenvalue weighted by atomic mass is 10.1. The summed E-state index contributed by atoms with van der Waals surface area (Å²) in [5.74, 6) is 1.17. The molecular weight excluding hydrogens is 446 g/mol. The highest BCUT2D eigenvalue weighted by Crippen LogP contribution is 2.31. The molecule has 0 aliphatic carbocycles. The second-order valence-electron chi connectivity index (χ2n) is 8.06. The minimum Gasteiger partial charge on any atom is -0.493 e. The van der Waals surface area contributed by atoms with Gasteiger partial charge in [-0.3, -0.25) is 4.79 Å². The Hall–Kier alpha value is -3.84. The molecule has 0 atom stereocenters. The van der Waals surface area contributed by atoms with E-state index in [-0.39, 0.29) is 5.56 Å². The maximum atomic E-state index is 13.0. The molecule has 6 nitrogen and oxygen atoms in total. The molecule has 2 N–H and O–H groups in total. The third-order valence-electron chi connectivity index (χ3n) is 5.59. The summed E-state index contributed by atoms with van der Waals surface area (Å²) in [5.41, 5.74) is 4.28. The number of aromatic nitrogens is 1. The van der Waals surface area contributed by atoms with Crippen LogP contribution in [0.4, 0.5) is 5.69 Å². The second-order valence-corrected chi connectivity index (χ2v) is 8.44. The first-order valence-corrected chi connectivity index (χ1v) is 11.3. The van der Waals surface area contributed by atoms with Gasteiger partial charge in [0.2, 0.25) is 0 Å². The standard InChI is InChI=1S/C27H27N3O3S/c1-18-9-11-22(12-10-18)28-27(34)30(16-19-7-5-4-6-8-19)17-21-13-20-14-24(32-2)25(33-3)15-23(20)29-26(21)31/h4-15H,16-17H2,1-3H3,(H,28,34)(H,29,31). The minimum absolute atomic E-state index is 0.170. The highest BCUT2D eigenvalue weighted by molar-refractivity contribution is 7.80. The summed E-state index contributed by atoms with van der Waals surface area (Å²) >= 11 is 5.77. The number of pyridine rings is 1. The largest absolute Gasteiger partial charge is 0.493 e. The number of methoxy groups -OCH3 is 2. The molecule has 0 radical (unpaired) electrons. The number of hydrogen-bond acceptors (Lipinski definition) is 4. The van der Waals surface area contributed by atoms with Crippen LogP contribution in [0.1, 0.15) is 16.7 Å². The molecule has 0 amide bonds. The molecule has 1 heterocycles. The van der Waals surface area contributed by atoms with Crippen molar-refractivity contribution >= 4 is 33.9 Å². The molecule has 34 heavy (non-hydrogen) atoms. The lowest BCUT2D eigenvalue weighted by Crippen LogP contribution is -2.35. The van der Waals surface area contributed by atoms with Gasteiger partial charge in [0.1, 0.15) is 0 Å². The number of nitrogens with zero attached hydrogens (tertiary/aromatic N) is 1. The third kappa shape index (κ3) is 5.38. The molecule has 0 aliphatic rings. The van der Waals surface area contributed by atoms with Crippen LogP contribution in [-0.2, 0) is 13.1 Å². The normalized spacial score (nSPS) is 10.7. The van der Waals surface area contributed by atoms with E-state index in [2.05, 4.69) is 10.3 Å². The Balaban J connectivity index is 1.67. The van der Waals surface area contributed by atoms with Crippen LogP contribution < -0.4 is 20.3 Å². The predicted molar refractivity (Wildman–Crippen MR) is 141 cm³/mol. The maximum Gasteiger partial charge on any atom is 0.253 e. The van der Waals surface area contributed by atoms with E-state index in [4.69, 9.17) is 21.7 Å². The Morgan fingerprint density at radius 2 is 1.62 bits per heavy atom. The molecule has 0 bridgehead atoms. The van der Waals surface area contributed by atoms with Gasteiger partial charge in [0.05, 0.1) is 26.3 Å². The SMILES string of the molecule is COc1cc2cc(CN(Cc3ccccc3)C(=S)Nc3ccc(C)cc3)c(=O)[nH]c2cc1OC. The van der Waals surface area contributed by atoms with Crippen LogP contribution in [0.15, 0.2) is 77.6 Å². The Bertz CT molecular complexity index is 1350. The molecule has 4 aromatic rings. The van der Waals surface area contributed by atoms with Crippen LogP contribution in [0, 0.1) is 6.92 Å². The first kappa shape index (κ1) is 23.3. The van der Waals surface area contributed by atoms with Crippen LogP contribution >= 0.6 is 12.2 Å². The molecule has 4 rings (SSSR count). The smallest absolute Gasteiger partial charge is 0.253 e. The van der Waals surface area contributed by atoms with Crippen molar-refractivity contribution < 1.29 is 9.47 Å². The Kier molecular flexibility index (Phi) is 7.13. The summed E-state index contributed by atoms with van der Waals surface area (Å²) in [6.45, 7) is 2.94. The Morgan fingerprint density at radius 1 is 0.941 bits per heavy atom. The average Bonchev–Trinajstić information content (AvgIpc) is 2.85. The van der Waals surface area contributed by atoms with Crippen LogP contribution in [0.25, 0.3) is 10.9 Å². The van der Waals surface area contributed by atoms with Gasteiger partial charge in [0, 0.05) is 29.2 Å². The number of nitrogens with one attached hydrogen (secondary N) is 2. The maximum absolute atomic E-state index is 13.0. The van der Waals surface area contributed by atoms with Gasteiger partial charge < -0.3 is 24.7 Å². The fourth-order valence-electron chi connectivity index (χ4n) is 3.74. The highest BCUT2D eigenvalue weighted by Gasteiger charge is 2.16. The van der Waals surface area contributed by atoms with Crippen molar-refractivity contribution in [3.63, 3.8) is 0 Å². The molecule has 1 aromatic heterocycles. The van der Waals surface area contributed by atoms with Gasteiger partial charge in [0.25, 0.3) is 5.56 Å². The van der Waals surface area contributed by atoms with Crippen LogP contribution in [-0.4, -0.2) is 29.2 Å². The molecular formula is C27H27N3O3S. The Morgan fingerprint density at radius 3 is 2.29 bits per heavy atom. The molecule has 0 fully saturated rings. The number of fused-ring (bicyclic) bond motifs is 1. The van der Waals surface area contributed by atoms with Gasteiger partial charge in [-0.25, -0.2) is 0 Å². The van der Waals surface area contributed by atoms with E-state index in [0.717, 1.165) is 16.6 Å². The zero-order chi connectivity index (χ0) is 24.1. The van der Waals surface area contributed by atoms with Gasteiger partial charge in [-0.2, -0.15) is 0 Å². The first-order valence-electron chi connectivity index (χ1n) is 10.9.